The molecule has 1 aliphatic rings. The second-order valence-corrected chi connectivity index (χ2v) is 7.88. The summed E-state index contributed by atoms with van der Waals surface area (Å²) in [6, 6.07) is 8.81. The molecule has 0 radical (unpaired) electrons. The highest BCUT2D eigenvalue weighted by Crippen LogP contribution is 2.40. The number of H-pyrrole nitrogens is 1. The number of hydrogen-bond acceptors (Lipinski definition) is 7. The monoisotopic (exact) mass is 465 g/mol. The summed E-state index contributed by atoms with van der Waals surface area (Å²) in [5.74, 6) is 0.926. The van der Waals surface area contributed by atoms with Gasteiger partial charge in [0.1, 0.15) is 5.69 Å². The summed E-state index contributed by atoms with van der Waals surface area (Å²) in [4.78, 5) is 31.6. The van der Waals surface area contributed by atoms with E-state index < -0.39 is 0 Å². The van der Waals surface area contributed by atoms with Crippen molar-refractivity contribution >= 4 is 17.5 Å². The molecule has 3 heterocycles. The SMILES string of the molecule is COc1cc(NC(=O)C2CCN(C(=O)c3cc(-c4cccnc4)n[nH]3)CC2)cc(OC)c1OC. The minimum Gasteiger partial charge on any atom is -0.493 e. The quantitative estimate of drug-likeness (QED) is 0.551. The lowest BCUT2D eigenvalue weighted by atomic mass is 9.95. The molecule has 1 aromatic carbocycles. The minimum absolute atomic E-state index is 0.109. The largest absolute Gasteiger partial charge is 0.493 e. The van der Waals surface area contributed by atoms with Crippen LogP contribution < -0.4 is 19.5 Å². The van der Waals surface area contributed by atoms with Crippen LogP contribution >= 0.6 is 0 Å². The molecule has 0 saturated carbocycles. The minimum atomic E-state index is -0.212. The number of pyridine rings is 1. The Balaban J connectivity index is 1.36. The Morgan fingerprint density at radius 2 is 1.76 bits per heavy atom. The molecular weight excluding hydrogens is 438 g/mol. The summed E-state index contributed by atoms with van der Waals surface area (Å²) >= 11 is 0. The number of piperidine rings is 1. The van der Waals surface area contributed by atoms with E-state index in [0.717, 1.165) is 5.56 Å². The molecule has 0 aliphatic carbocycles. The fraction of sp³-hybridized carbons (Fsp3) is 0.333. The second-order valence-electron chi connectivity index (χ2n) is 7.88. The lowest BCUT2D eigenvalue weighted by Gasteiger charge is -2.31. The molecule has 2 aromatic heterocycles. The highest BCUT2D eigenvalue weighted by atomic mass is 16.5. The molecule has 1 fully saturated rings. The van der Waals surface area contributed by atoms with E-state index in [1.807, 2.05) is 12.1 Å². The highest BCUT2D eigenvalue weighted by molar-refractivity contribution is 5.95. The highest BCUT2D eigenvalue weighted by Gasteiger charge is 2.29. The maximum absolute atomic E-state index is 12.9. The zero-order chi connectivity index (χ0) is 24.1. The number of aromatic amines is 1. The first-order valence-electron chi connectivity index (χ1n) is 10.9. The molecule has 0 unspecified atom stereocenters. The van der Waals surface area contributed by atoms with Gasteiger partial charge in [0.2, 0.25) is 11.7 Å². The van der Waals surface area contributed by atoms with E-state index in [-0.39, 0.29) is 17.7 Å². The lowest BCUT2D eigenvalue weighted by molar-refractivity contribution is -0.121. The summed E-state index contributed by atoms with van der Waals surface area (Å²) in [6.45, 7) is 0.959. The van der Waals surface area contributed by atoms with E-state index >= 15 is 0 Å². The van der Waals surface area contributed by atoms with Crippen LogP contribution in [0.25, 0.3) is 11.3 Å². The lowest BCUT2D eigenvalue weighted by Crippen LogP contribution is -2.41. The molecule has 3 aromatic rings. The van der Waals surface area contributed by atoms with E-state index in [9.17, 15) is 9.59 Å². The molecule has 4 rings (SSSR count). The average molecular weight is 466 g/mol. The predicted molar refractivity (Wildman–Crippen MR) is 125 cm³/mol. The molecule has 10 heteroatoms. The Hall–Kier alpha value is -4.08. The first-order valence-corrected chi connectivity index (χ1v) is 10.9. The van der Waals surface area contributed by atoms with Gasteiger partial charge in [-0.1, -0.05) is 0 Å². The zero-order valence-electron chi connectivity index (χ0n) is 19.3. The normalized spacial score (nSPS) is 13.9. The smallest absolute Gasteiger partial charge is 0.271 e. The Morgan fingerprint density at radius 1 is 1.06 bits per heavy atom. The van der Waals surface area contributed by atoms with E-state index in [1.165, 1.54) is 21.3 Å². The molecule has 0 bridgehead atoms. The van der Waals surface area contributed by atoms with Crippen molar-refractivity contribution in [3.05, 3.63) is 48.4 Å². The Bertz CT molecular complexity index is 1130. The number of likely N-dealkylation sites (tertiary alicyclic amines) is 1. The van der Waals surface area contributed by atoms with E-state index in [0.29, 0.717) is 60.3 Å². The Labute approximate surface area is 197 Å². The third-order valence-electron chi connectivity index (χ3n) is 5.85. The van der Waals surface area contributed by atoms with Gasteiger partial charge in [0, 0.05) is 54.8 Å². The Morgan fingerprint density at radius 3 is 2.35 bits per heavy atom. The fourth-order valence-electron chi connectivity index (χ4n) is 4.01. The van der Waals surface area contributed by atoms with Crippen molar-refractivity contribution < 1.29 is 23.8 Å². The first kappa shape index (κ1) is 23.1. The van der Waals surface area contributed by atoms with Crippen molar-refractivity contribution in [3.8, 4) is 28.5 Å². The predicted octanol–water partition coefficient (Wildman–Crippen LogP) is 2.99. The number of hydrogen-bond donors (Lipinski definition) is 2. The molecule has 34 heavy (non-hydrogen) atoms. The maximum Gasteiger partial charge on any atom is 0.271 e. The van der Waals surface area contributed by atoms with Crippen LogP contribution in [0.2, 0.25) is 0 Å². The van der Waals surface area contributed by atoms with Gasteiger partial charge in [-0.15, -0.1) is 0 Å². The van der Waals surface area contributed by atoms with Crippen LogP contribution in [-0.2, 0) is 4.79 Å². The van der Waals surface area contributed by atoms with Crippen molar-refractivity contribution in [2.45, 2.75) is 12.8 Å². The van der Waals surface area contributed by atoms with Gasteiger partial charge in [-0.05, 0) is 31.0 Å². The topological polar surface area (TPSA) is 119 Å². The third-order valence-corrected chi connectivity index (χ3v) is 5.85. The van der Waals surface area contributed by atoms with Crippen LogP contribution in [0.3, 0.4) is 0 Å². The van der Waals surface area contributed by atoms with Gasteiger partial charge in [-0.2, -0.15) is 5.10 Å². The van der Waals surface area contributed by atoms with Crippen molar-refractivity contribution in [3.63, 3.8) is 0 Å². The molecule has 0 spiro atoms. The molecule has 2 N–H and O–H groups in total. The molecule has 1 aliphatic heterocycles. The summed E-state index contributed by atoms with van der Waals surface area (Å²) in [5, 5.41) is 9.97. The van der Waals surface area contributed by atoms with Crippen molar-refractivity contribution in [2.24, 2.45) is 5.92 Å². The zero-order valence-corrected chi connectivity index (χ0v) is 19.3. The van der Waals surface area contributed by atoms with E-state index in [4.69, 9.17) is 14.2 Å². The Kier molecular flexibility index (Phi) is 6.95. The number of ether oxygens (including phenoxy) is 3. The molecule has 1 saturated heterocycles. The summed E-state index contributed by atoms with van der Waals surface area (Å²) in [5.41, 5.74) is 2.47. The number of methoxy groups -OCH3 is 3. The van der Waals surface area contributed by atoms with Gasteiger partial charge in [0.05, 0.1) is 27.0 Å². The fourth-order valence-corrected chi connectivity index (χ4v) is 4.01. The molecule has 178 valence electrons. The summed E-state index contributed by atoms with van der Waals surface area (Å²) < 4.78 is 16.0. The number of nitrogens with zero attached hydrogens (tertiary/aromatic N) is 3. The maximum atomic E-state index is 12.9. The van der Waals surface area contributed by atoms with Crippen molar-refractivity contribution in [1.29, 1.82) is 0 Å². The number of anilines is 1. The third kappa shape index (κ3) is 4.80. The molecule has 10 nitrogen and oxygen atoms in total. The second kappa shape index (κ2) is 10.2. The molecule has 2 amide bonds. The number of amides is 2. The number of aromatic nitrogens is 3. The van der Waals surface area contributed by atoms with Gasteiger partial charge in [0.25, 0.3) is 5.91 Å². The molecular formula is C24H27N5O5. The number of benzene rings is 1. The number of carbonyl (C=O) groups excluding carboxylic acids is 2. The number of nitrogens with one attached hydrogen (secondary N) is 2. The van der Waals surface area contributed by atoms with Crippen LogP contribution in [0.1, 0.15) is 23.3 Å². The van der Waals surface area contributed by atoms with Crippen LogP contribution in [0.15, 0.2) is 42.7 Å². The van der Waals surface area contributed by atoms with Gasteiger partial charge in [-0.25, -0.2) is 0 Å². The standard InChI is InChI=1S/C24H27N5O5/c1-32-20-11-17(12-21(33-2)22(20)34-3)26-23(30)15-6-9-29(10-7-15)24(31)19-13-18(27-28-19)16-5-4-8-25-14-16/h4-5,8,11-15H,6-7,9-10H2,1-3H3,(H,26,30)(H,27,28). The average Bonchev–Trinajstić information content (AvgIpc) is 3.38. The molecule has 0 atom stereocenters. The van der Waals surface area contributed by atoms with E-state index in [1.54, 1.807) is 35.5 Å². The van der Waals surface area contributed by atoms with Crippen molar-refractivity contribution in [1.82, 2.24) is 20.1 Å². The van der Waals surface area contributed by atoms with Crippen LogP contribution in [0, 0.1) is 5.92 Å². The number of carbonyl (C=O) groups is 2. The van der Waals surface area contributed by atoms with E-state index in [2.05, 4.69) is 20.5 Å². The summed E-state index contributed by atoms with van der Waals surface area (Å²) in [6.07, 6.45) is 4.50. The van der Waals surface area contributed by atoms with Crippen molar-refractivity contribution in [2.75, 3.05) is 39.7 Å². The van der Waals surface area contributed by atoms with Crippen LogP contribution in [0.4, 0.5) is 5.69 Å². The van der Waals surface area contributed by atoms with Crippen LogP contribution in [0.5, 0.6) is 17.2 Å². The first-order chi connectivity index (χ1) is 16.5. The van der Waals surface area contributed by atoms with Crippen LogP contribution in [-0.4, -0.2) is 66.3 Å². The van der Waals surface area contributed by atoms with Gasteiger partial charge in [-0.3, -0.25) is 19.7 Å². The van der Waals surface area contributed by atoms with Gasteiger partial charge >= 0.3 is 0 Å². The van der Waals surface area contributed by atoms with Gasteiger partial charge < -0.3 is 24.4 Å². The number of rotatable bonds is 7. The van der Waals surface area contributed by atoms with Gasteiger partial charge in [0.15, 0.2) is 11.5 Å². The summed E-state index contributed by atoms with van der Waals surface area (Å²) in [7, 11) is 4.57.